The minimum Gasteiger partial charge on any atom is -0.496 e. The Morgan fingerprint density at radius 2 is 2.30 bits per heavy atom. The molecular weight excluding hydrogens is 314 g/mol. The molecule has 23 heavy (non-hydrogen) atoms. The lowest BCUT2D eigenvalue weighted by molar-refractivity contribution is 0.0912. The summed E-state index contributed by atoms with van der Waals surface area (Å²) in [5, 5.41) is 12.8. The molecule has 0 saturated carbocycles. The summed E-state index contributed by atoms with van der Waals surface area (Å²) in [6.45, 7) is 5.57. The van der Waals surface area contributed by atoms with Crippen LogP contribution in [-0.4, -0.2) is 45.0 Å². The van der Waals surface area contributed by atoms with E-state index in [1.807, 2.05) is 24.7 Å². The molecule has 1 aliphatic heterocycles. The molecule has 0 N–H and O–H groups in total. The fraction of sp³-hybridized carbons (Fsp3) is 0.600. The third kappa shape index (κ3) is 3.64. The summed E-state index contributed by atoms with van der Waals surface area (Å²) in [5.74, 6) is 1.60. The molecule has 1 saturated heterocycles. The van der Waals surface area contributed by atoms with E-state index >= 15 is 0 Å². The molecule has 0 radical (unpaired) electrons. The number of hydrogen-bond donors (Lipinski definition) is 0. The van der Waals surface area contributed by atoms with E-state index in [1.54, 1.807) is 18.9 Å². The van der Waals surface area contributed by atoms with Gasteiger partial charge in [-0.15, -0.1) is 5.10 Å². The molecule has 1 fully saturated rings. The second-order valence-electron chi connectivity index (χ2n) is 5.61. The van der Waals surface area contributed by atoms with Crippen molar-refractivity contribution >= 4 is 11.8 Å². The zero-order chi connectivity index (χ0) is 16.2. The smallest absolute Gasteiger partial charge is 0.209 e. The molecule has 7 nitrogen and oxygen atoms in total. The van der Waals surface area contributed by atoms with Crippen LogP contribution in [0.3, 0.4) is 0 Å². The second-order valence-corrected chi connectivity index (χ2v) is 6.56. The van der Waals surface area contributed by atoms with Gasteiger partial charge in [-0.2, -0.15) is 0 Å². The van der Waals surface area contributed by atoms with Crippen LogP contribution in [0.2, 0.25) is 0 Å². The number of tetrazole rings is 1. The van der Waals surface area contributed by atoms with Crippen molar-refractivity contribution in [3.05, 3.63) is 23.0 Å². The molecule has 0 amide bonds. The van der Waals surface area contributed by atoms with Crippen molar-refractivity contribution in [2.45, 2.75) is 50.2 Å². The van der Waals surface area contributed by atoms with E-state index in [2.05, 4.69) is 20.5 Å². The summed E-state index contributed by atoms with van der Waals surface area (Å²) in [5.41, 5.74) is 3.10. The van der Waals surface area contributed by atoms with Crippen LogP contribution in [0.25, 0.3) is 0 Å². The van der Waals surface area contributed by atoms with Crippen LogP contribution in [0, 0.1) is 13.8 Å². The zero-order valence-corrected chi connectivity index (χ0v) is 14.5. The number of ether oxygens (including phenoxy) is 2. The van der Waals surface area contributed by atoms with Crippen LogP contribution in [0.4, 0.5) is 0 Å². The monoisotopic (exact) mass is 335 g/mol. The molecular formula is C15H21N5O2S. The van der Waals surface area contributed by atoms with Gasteiger partial charge in [-0.1, -0.05) is 11.8 Å². The van der Waals surface area contributed by atoms with Crippen molar-refractivity contribution in [1.82, 2.24) is 25.2 Å². The fourth-order valence-corrected chi connectivity index (χ4v) is 3.66. The summed E-state index contributed by atoms with van der Waals surface area (Å²) in [6.07, 6.45) is 4.25. The van der Waals surface area contributed by atoms with Gasteiger partial charge in [0.15, 0.2) is 0 Å². The number of thioether (sulfide) groups is 1. The Labute approximate surface area is 139 Å². The summed E-state index contributed by atoms with van der Waals surface area (Å²) in [7, 11) is 1.69. The maximum absolute atomic E-state index is 5.65. The summed E-state index contributed by atoms with van der Waals surface area (Å²) < 4.78 is 12.9. The molecule has 1 unspecified atom stereocenters. The van der Waals surface area contributed by atoms with Crippen LogP contribution in [0.15, 0.2) is 11.4 Å². The average Bonchev–Trinajstić information content (AvgIpc) is 3.20. The summed E-state index contributed by atoms with van der Waals surface area (Å²) in [4.78, 5) is 4.52. The SMILES string of the molecule is COc1c(C)cnc(CSc2nnnn2CC2CCCO2)c1C. The van der Waals surface area contributed by atoms with Crippen molar-refractivity contribution in [2.24, 2.45) is 0 Å². The molecule has 0 aliphatic carbocycles. The molecule has 8 heteroatoms. The predicted octanol–water partition coefficient (Wildman–Crippen LogP) is 2.16. The van der Waals surface area contributed by atoms with E-state index in [9.17, 15) is 0 Å². The molecule has 124 valence electrons. The summed E-state index contributed by atoms with van der Waals surface area (Å²) in [6, 6.07) is 0. The number of aromatic nitrogens is 5. The molecule has 0 spiro atoms. The van der Waals surface area contributed by atoms with Gasteiger partial charge in [0.2, 0.25) is 5.16 Å². The fourth-order valence-electron chi connectivity index (χ4n) is 2.75. The van der Waals surface area contributed by atoms with Gasteiger partial charge in [0.25, 0.3) is 0 Å². The molecule has 1 aliphatic rings. The Kier molecular flexibility index (Phi) is 5.12. The van der Waals surface area contributed by atoms with Crippen LogP contribution in [0.1, 0.15) is 29.7 Å². The van der Waals surface area contributed by atoms with Crippen LogP contribution in [0.5, 0.6) is 5.75 Å². The number of nitrogens with zero attached hydrogens (tertiary/aromatic N) is 5. The van der Waals surface area contributed by atoms with Gasteiger partial charge in [-0.3, -0.25) is 4.98 Å². The Morgan fingerprint density at radius 1 is 1.43 bits per heavy atom. The standard InChI is InChI=1S/C15H21N5O2S/c1-10-7-16-13(11(2)14(10)21-3)9-23-15-17-18-19-20(15)8-12-5-4-6-22-12/h7,12H,4-6,8-9H2,1-3H3. The maximum atomic E-state index is 5.65. The Morgan fingerprint density at radius 3 is 3.04 bits per heavy atom. The number of pyridine rings is 1. The molecule has 3 heterocycles. The maximum Gasteiger partial charge on any atom is 0.209 e. The second kappa shape index (κ2) is 7.27. The molecule has 3 rings (SSSR count). The van der Waals surface area contributed by atoms with Crippen LogP contribution >= 0.6 is 11.8 Å². The Balaban J connectivity index is 1.68. The van der Waals surface area contributed by atoms with Gasteiger partial charge in [0, 0.05) is 29.7 Å². The largest absolute Gasteiger partial charge is 0.496 e. The first kappa shape index (κ1) is 16.2. The van der Waals surface area contributed by atoms with E-state index in [0.29, 0.717) is 12.3 Å². The molecule has 0 bridgehead atoms. The van der Waals surface area contributed by atoms with Crippen molar-refractivity contribution < 1.29 is 9.47 Å². The van der Waals surface area contributed by atoms with Crippen molar-refractivity contribution in [3.63, 3.8) is 0 Å². The van der Waals surface area contributed by atoms with E-state index in [1.165, 1.54) is 0 Å². The third-order valence-electron chi connectivity index (χ3n) is 3.99. The quantitative estimate of drug-likeness (QED) is 0.749. The molecule has 2 aromatic heterocycles. The first-order valence-electron chi connectivity index (χ1n) is 7.68. The van der Waals surface area contributed by atoms with E-state index < -0.39 is 0 Å². The normalized spacial score (nSPS) is 17.6. The van der Waals surface area contributed by atoms with Gasteiger partial charge < -0.3 is 9.47 Å². The predicted molar refractivity (Wildman–Crippen MR) is 86.6 cm³/mol. The van der Waals surface area contributed by atoms with Gasteiger partial charge in [-0.05, 0) is 37.1 Å². The lowest BCUT2D eigenvalue weighted by atomic mass is 10.1. The zero-order valence-electron chi connectivity index (χ0n) is 13.7. The van der Waals surface area contributed by atoms with Crippen LogP contribution in [-0.2, 0) is 17.0 Å². The van der Waals surface area contributed by atoms with Crippen LogP contribution < -0.4 is 4.74 Å². The highest BCUT2D eigenvalue weighted by Crippen LogP contribution is 2.28. The number of hydrogen-bond acceptors (Lipinski definition) is 7. The highest BCUT2D eigenvalue weighted by Gasteiger charge is 2.19. The molecule has 2 aromatic rings. The average molecular weight is 335 g/mol. The lowest BCUT2D eigenvalue weighted by Gasteiger charge is -2.12. The third-order valence-corrected chi connectivity index (χ3v) is 4.96. The number of rotatable bonds is 6. The number of methoxy groups -OCH3 is 1. The van der Waals surface area contributed by atoms with Gasteiger partial charge in [-0.25, -0.2) is 4.68 Å². The van der Waals surface area contributed by atoms with E-state index in [4.69, 9.17) is 9.47 Å². The first-order chi connectivity index (χ1) is 11.2. The Hall–Kier alpha value is -1.67. The van der Waals surface area contributed by atoms with Crippen molar-refractivity contribution in [1.29, 1.82) is 0 Å². The highest BCUT2D eigenvalue weighted by molar-refractivity contribution is 7.98. The van der Waals surface area contributed by atoms with Gasteiger partial charge in [0.1, 0.15) is 5.75 Å². The topological polar surface area (TPSA) is 75.0 Å². The minimum atomic E-state index is 0.220. The lowest BCUT2D eigenvalue weighted by Crippen LogP contribution is -2.16. The van der Waals surface area contributed by atoms with Crippen molar-refractivity contribution in [2.75, 3.05) is 13.7 Å². The van der Waals surface area contributed by atoms with E-state index in [0.717, 1.165) is 47.2 Å². The molecule has 0 aromatic carbocycles. The minimum absolute atomic E-state index is 0.220. The summed E-state index contributed by atoms with van der Waals surface area (Å²) >= 11 is 1.58. The Bertz CT molecular complexity index is 670. The number of aryl methyl sites for hydroxylation is 1. The van der Waals surface area contributed by atoms with Crippen molar-refractivity contribution in [3.8, 4) is 5.75 Å². The molecule has 1 atom stereocenters. The highest BCUT2D eigenvalue weighted by atomic mass is 32.2. The van der Waals surface area contributed by atoms with Gasteiger partial charge in [0.05, 0.1) is 25.5 Å². The van der Waals surface area contributed by atoms with Gasteiger partial charge >= 0.3 is 0 Å². The van der Waals surface area contributed by atoms with E-state index in [-0.39, 0.29) is 6.10 Å². The first-order valence-corrected chi connectivity index (χ1v) is 8.67.